The molecule has 0 fully saturated rings. The van der Waals surface area contributed by atoms with Crippen LogP contribution in [0.4, 0.5) is 0 Å². The third-order valence-corrected chi connectivity index (χ3v) is 3.71. The van der Waals surface area contributed by atoms with Gasteiger partial charge in [-0.05, 0) is 47.1 Å². The smallest absolute Gasteiger partial charge is 0.0624 e. The van der Waals surface area contributed by atoms with Gasteiger partial charge in [0, 0.05) is 42.1 Å². The van der Waals surface area contributed by atoms with Gasteiger partial charge < -0.3 is 5.32 Å². The lowest BCUT2D eigenvalue weighted by Crippen LogP contribution is -2.20. The molecule has 2 heterocycles. The average molecular weight is 323 g/mol. The van der Waals surface area contributed by atoms with Crippen molar-refractivity contribution in [1.82, 2.24) is 20.1 Å². The molecule has 2 rings (SSSR count). The minimum absolute atomic E-state index is 0.241. The van der Waals surface area contributed by atoms with E-state index in [9.17, 15) is 0 Å². The average Bonchev–Trinajstić information content (AvgIpc) is 2.76. The van der Waals surface area contributed by atoms with Crippen molar-refractivity contribution in [2.75, 3.05) is 7.05 Å². The molecule has 0 saturated heterocycles. The first-order chi connectivity index (χ1) is 9.13. The summed E-state index contributed by atoms with van der Waals surface area (Å²) in [6.07, 6.45) is 5.58. The predicted octanol–water partition coefficient (Wildman–Crippen LogP) is 2.64. The van der Waals surface area contributed by atoms with Crippen molar-refractivity contribution in [2.24, 2.45) is 7.05 Å². The van der Waals surface area contributed by atoms with Crippen LogP contribution >= 0.6 is 15.9 Å². The summed E-state index contributed by atoms with van der Waals surface area (Å²) in [6, 6.07) is 4.52. The zero-order chi connectivity index (χ0) is 13.8. The monoisotopic (exact) mass is 322 g/mol. The highest BCUT2D eigenvalue weighted by atomic mass is 79.9. The van der Waals surface area contributed by atoms with Gasteiger partial charge in [0.25, 0.3) is 0 Å². The third kappa shape index (κ3) is 3.42. The first kappa shape index (κ1) is 14.2. The summed E-state index contributed by atoms with van der Waals surface area (Å²) < 4.78 is 2.97. The lowest BCUT2D eigenvalue weighted by atomic mass is 10.0. The molecule has 1 unspecified atom stereocenters. The summed E-state index contributed by atoms with van der Waals surface area (Å²) >= 11 is 3.47. The molecule has 0 bridgehead atoms. The molecule has 19 heavy (non-hydrogen) atoms. The van der Waals surface area contributed by atoms with Gasteiger partial charge in [-0.25, -0.2) is 0 Å². The van der Waals surface area contributed by atoms with Crippen LogP contribution in [0, 0.1) is 0 Å². The minimum atomic E-state index is 0.241. The summed E-state index contributed by atoms with van der Waals surface area (Å²) in [7, 11) is 3.98. The van der Waals surface area contributed by atoms with E-state index in [4.69, 9.17) is 0 Å². The molecule has 1 atom stereocenters. The number of pyridine rings is 1. The zero-order valence-electron chi connectivity index (χ0n) is 11.5. The van der Waals surface area contributed by atoms with Crippen LogP contribution in [-0.2, 0) is 19.9 Å². The molecule has 0 radical (unpaired) electrons. The number of hydrogen-bond acceptors (Lipinski definition) is 3. The van der Waals surface area contributed by atoms with Crippen molar-refractivity contribution in [2.45, 2.75) is 25.8 Å². The highest BCUT2D eigenvalue weighted by Gasteiger charge is 2.14. The van der Waals surface area contributed by atoms with E-state index in [1.807, 2.05) is 25.0 Å². The van der Waals surface area contributed by atoms with Gasteiger partial charge in [0.05, 0.1) is 5.69 Å². The van der Waals surface area contributed by atoms with Crippen molar-refractivity contribution in [1.29, 1.82) is 0 Å². The Hall–Kier alpha value is -1.20. The number of hydrogen-bond donors (Lipinski definition) is 1. The van der Waals surface area contributed by atoms with Gasteiger partial charge in [0.15, 0.2) is 0 Å². The first-order valence-electron chi connectivity index (χ1n) is 6.43. The highest BCUT2D eigenvalue weighted by molar-refractivity contribution is 9.10. The standard InChI is InChI=1S/C14H19BrN4/c1-4-12-6-13(19(3)18-12)7-14(16-2)10-5-11(15)9-17-8-10/h5-6,8-9,14,16H,4,7H2,1-3H3. The number of aromatic nitrogens is 3. The fraction of sp³-hybridized carbons (Fsp3) is 0.429. The molecule has 102 valence electrons. The van der Waals surface area contributed by atoms with Gasteiger partial charge in [-0.3, -0.25) is 9.67 Å². The molecule has 0 aliphatic carbocycles. The summed E-state index contributed by atoms with van der Waals surface area (Å²) in [5.74, 6) is 0. The van der Waals surface area contributed by atoms with Crippen molar-refractivity contribution in [3.63, 3.8) is 0 Å². The summed E-state index contributed by atoms with van der Waals surface area (Å²) in [5.41, 5.74) is 3.55. The van der Waals surface area contributed by atoms with Gasteiger partial charge in [-0.2, -0.15) is 5.10 Å². The Labute approximate surface area is 122 Å². The summed E-state index contributed by atoms with van der Waals surface area (Å²) in [6.45, 7) is 2.12. The van der Waals surface area contributed by atoms with E-state index in [0.717, 1.165) is 23.0 Å². The Morgan fingerprint density at radius 2 is 2.16 bits per heavy atom. The van der Waals surface area contributed by atoms with Crippen molar-refractivity contribution in [3.05, 3.63) is 46.0 Å². The topological polar surface area (TPSA) is 42.7 Å². The lowest BCUT2D eigenvalue weighted by Gasteiger charge is -2.16. The van der Waals surface area contributed by atoms with Gasteiger partial charge in [0.1, 0.15) is 0 Å². The van der Waals surface area contributed by atoms with Crippen LogP contribution in [0.5, 0.6) is 0 Å². The van der Waals surface area contributed by atoms with Crippen LogP contribution in [0.3, 0.4) is 0 Å². The summed E-state index contributed by atoms with van der Waals surface area (Å²) in [5, 5.41) is 7.84. The van der Waals surface area contributed by atoms with E-state index in [-0.39, 0.29) is 6.04 Å². The Morgan fingerprint density at radius 3 is 2.74 bits per heavy atom. The number of rotatable bonds is 5. The van der Waals surface area contributed by atoms with Crippen molar-refractivity contribution < 1.29 is 0 Å². The number of likely N-dealkylation sites (N-methyl/N-ethyl adjacent to an activating group) is 1. The Bertz CT molecular complexity index is 550. The second-order valence-corrected chi connectivity index (χ2v) is 5.50. The number of nitrogens with zero attached hydrogens (tertiary/aromatic N) is 3. The van der Waals surface area contributed by atoms with Crippen LogP contribution in [0.25, 0.3) is 0 Å². The second kappa shape index (κ2) is 6.30. The molecular weight excluding hydrogens is 304 g/mol. The molecular formula is C14H19BrN4. The van der Waals surface area contributed by atoms with Gasteiger partial charge in [-0.1, -0.05) is 6.92 Å². The predicted molar refractivity (Wildman–Crippen MR) is 80.0 cm³/mol. The maximum absolute atomic E-state index is 4.49. The van der Waals surface area contributed by atoms with E-state index < -0.39 is 0 Å². The van der Waals surface area contributed by atoms with Gasteiger partial charge in [0.2, 0.25) is 0 Å². The van der Waals surface area contributed by atoms with E-state index in [1.54, 1.807) is 6.20 Å². The second-order valence-electron chi connectivity index (χ2n) is 4.59. The molecule has 0 aromatic carbocycles. The molecule has 2 aromatic rings. The molecule has 0 spiro atoms. The van der Waals surface area contributed by atoms with Crippen molar-refractivity contribution >= 4 is 15.9 Å². The molecule has 1 N–H and O–H groups in total. The van der Waals surface area contributed by atoms with Crippen LogP contribution in [-0.4, -0.2) is 21.8 Å². The number of aryl methyl sites for hydroxylation is 2. The molecule has 0 aliphatic rings. The van der Waals surface area contributed by atoms with Crippen molar-refractivity contribution in [3.8, 4) is 0 Å². The van der Waals surface area contributed by atoms with Crippen LogP contribution in [0.15, 0.2) is 29.0 Å². The van der Waals surface area contributed by atoms with E-state index in [0.29, 0.717) is 0 Å². The molecule has 0 amide bonds. The fourth-order valence-electron chi connectivity index (χ4n) is 2.15. The number of nitrogens with one attached hydrogen (secondary N) is 1. The quantitative estimate of drug-likeness (QED) is 0.920. The van der Waals surface area contributed by atoms with E-state index >= 15 is 0 Å². The fourth-order valence-corrected chi connectivity index (χ4v) is 2.53. The normalized spacial score (nSPS) is 12.6. The van der Waals surface area contributed by atoms with E-state index in [2.05, 4.69) is 50.4 Å². The van der Waals surface area contributed by atoms with E-state index in [1.165, 1.54) is 11.3 Å². The lowest BCUT2D eigenvalue weighted by molar-refractivity contribution is 0.559. The zero-order valence-corrected chi connectivity index (χ0v) is 13.1. The van der Waals surface area contributed by atoms with Gasteiger partial charge >= 0.3 is 0 Å². The van der Waals surface area contributed by atoms with Gasteiger partial charge in [-0.15, -0.1) is 0 Å². The summed E-state index contributed by atoms with van der Waals surface area (Å²) in [4.78, 5) is 4.23. The first-order valence-corrected chi connectivity index (χ1v) is 7.22. The Morgan fingerprint density at radius 1 is 1.37 bits per heavy atom. The maximum Gasteiger partial charge on any atom is 0.0624 e. The van der Waals surface area contributed by atoms with Crippen LogP contribution < -0.4 is 5.32 Å². The SMILES string of the molecule is CCc1cc(CC(NC)c2cncc(Br)c2)n(C)n1. The molecule has 5 heteroatoms. The van der Waals surface area contributed by atoms with Crippen LogP contribution in [0.2, 0.25) is 0 Å². The minimum Gasteiger partial charge on any atom is -0.313 e. The van der Waals surface area contributed by atoms with Crippen LogP contribution in [0.1, 0.15) is 29.9 Å². The molecule has 0 aliphatic heterocycles. The largest absolute Gasteiger partial charge is 0.313 e. The Balaban J connectivity index is 2.21. The Kier molecular flexibility index (Phi) is 4.71. The number of halogens is 1. The third-order valence-electron chi connectivity index (χ3n) is 3.28. The molecule has 4 nitrogen and oxygen atoms in total. The molecule has 2 aromatic heterocycles. The maximum atomic E-state index is 4.49. The molecule has 0 saturated carbocycles. The highest BCUT2D eigenvalue weighted by Crippen LogP contribution is 2.20.